The molecule has 2 heterocycles. The Morgan fingerprint density at radius 1 is 1.18 bits per heavy atom. The van der Waals surface area contributed by atoms with Crippen molar-refractivity contribution in [1.29, 1.82) is 0 Å². The summed E-state index contributed by atoms with van der Waals surface area (Å²) in [6, 6.07) is 15.1. The maximum atomic E-state index is 12.4. The second-order valence-electron chi connectivity index (χ2n) is 8.96. The van der Waals surface area contributed by atoms with Gasteiger partial charge in [-0.15, -0.1) is 0 Å². The summed E-state index contributed by atoms with van der Waals surface area (Å²) in [5.41, 5.74) is 5.41. The molecule has 1 unspecified atom stereocenters. The van der Waals surface area contributed by atoms with Crippen LogP contribution in [-0.4, -0.2) is 47.3 Å². The molecule has 28 heavy (non-hydrogen) atoms. The lowest BCUT2D eigenvalue weighted by molar-refractivity contribution is -0.144. The van der Waals surface area contributed by atoms with Crippen molar-refractivity contribution < 1.29 is 9.84 Å². The Labute approximate surface area is 165 Å². The average molecular weight is 374 g/mol. The van der Waals surface area contributed by atoms with Crippen LogP contribution in [0.2, 0.25) is 0 Å². The summed E-state index contributed by atoms with van der Waals surface area (Å²) in [5.74, 6) is 0.885. The first-order valence-electron chi connectivity index (χ1n) is 10.2. The smallest absolute Gasteiger partial charge is 0.119 e. The first kappa shape index (κ1) is 16.6. The number of aliphatic hydroxyl groups is 1. The van der Waals surface area contributed by atoms with E-state index in [1.54, 1.807) is 7.11 Å². The van der Waals surface area contributed by atoms with Gasteiger partial charge in [-0.25, -0.2) is 0 Å². The maximum absolute atomic E-state index is 12.4. The van der Waals surface area contributed by atoms with E-state index in [9.17, 15) is 5.11 Å². The van der Waals surface area contributed by atoms with E-state index in [1.165, 1.54) is 33.3 Å². The molecular formula is C24H26N2O2. The van der Waals surface area contributed by atoms with Crippen LogP contribution >= 0.6 is 0 Å². The second-order valence-corrected chi connectivity index (χ2v) is 8.96. The number of para-hydroxylation sites is 1. The van der Waals surface area contributed by atoms with Crippen LogP contribution < -0.4 is 4.74 Å². The summed E-state index contributed by atoms with van der Waals surface area (Å²) >= 11 is 0. The third-order valence-corrected chi connectivity index (χ3v) is 7.88. The Bertz CT molecular complexity index is 1100. The van der Waals surface area contributed by atoms with E-state index in [1.807, 2.05) is 0 Å². The van der Waals surface area contributed by atoms with E-state index in [0.29, 0.717) is 6.42 Å². The molecule has 144 valence electrons. The van der Waals surface area contributed by atoms with Crippen LogP contribution in [0.25, 0.3) is 10.9 Å². The molecule has 3 aliphatic rings. The van der Waals surface area contributed by atoms with E-state index >= 15 is 0 Å². The minimum absolute atomic E-state index is 0.143. The zero-order valence-electron chi connectivity index (χ0n) is 16.5. The Hall–Kier alpha value is -2.30. The molecule has 1 fully saturated rings. The van der Waals surface area contributed by atoms with Crippen molar-refractivity contribution in [2.24, 2.45) is 0 Å². The summed E-state index contributed by atoms with van der Waals surface area (Å²) in [4.78, 5) is 6.06. The molecule has 0 spiro atoms. The zero-order valence-corrected chi connectivity index (χ0v) is 16.5. The third kappa shape index (κ3) is 1.88. The molecule has 3 aromatic rings. The molecule has 1 aliphatic heterocycles. The second kappa shape index (κ2) is 5.40. The molecule has 6 rings (SSSR count). The molecule has 3 atom stereocenters. The minimum atomic E-state index is -0.767. The highest BCUT2D eigenvalue weighted by Crippen LogP contribution is 2.57. The third-order valence-electron chi connectivity index (χ3n) is 7.88. The van der Waals surface area contributed by atoms with Crippen LogP contribution in [0.5, 0.6) is 5.75 Å². The molecular weight excluding hydrogens is 348 g/mol. The fraction of sp³-hybridized carbons (Fsp3) is 0.417. The van der Waals surface area contributed by atoms with Crippen molar-refractivity contribution in [3.05, 3.63) is 64.8 Å². The summed E-state index contributed by atoms with van der Waals surface area (Å²) < 4.78 is 5.57. The van der Waals surface area contributed by atoms with Crippen molar-refractivity contribution in [1.82, 2.24) is 9.88 Å². The number of aromatic amines is 1. The van der Waals surface area contributed by atoms with Gasteiger partial charge < -0.3 is 19.7 Å². The summed E-state index contributed by atoms with van der Waals surface area (Å²) in [7, 11) is 3.90. The van der Waals surface area contributed by atoms with Crippen LogP contribution in [0.3, 0.4) is 0 Å². The van der Waals surface area contributed by atoms with Gasteiger partial charge in [-0.3, -0.25) is 0 Å². The number of likely N-dealkylation sites (tertiary alicyclic amines) is 1. The number of aromatic nitrogens is 1. The molecule has 1 saturated heterocycles. The molecule has 2 aromatic carbocycles. The summed E-state index contributed by atoms with van der Waals surface area (Å²) in [6.45, 7) is 1.01. The number of H-pyrrole nitrogens is 1. The maximum Gasteiger partial charge on any atom is 0.119 e. The van der Waals surface area contributed by atoms with Gasteiger partial charge in [0.25, 0.3) is 0 Å². The highest BCUT2D eigenvalue weighted by Gasteiger charge is 2.64. The molecule has 2 aliphatic carbocycles. The summed E-state index contributed by atoms with van der Waals surface area (Å²) in [5, 5.41) is 13.6. The molecule has 0 saturated carbocycles. The Balaban J connectivity index is 1.63. The first-order chi connectivity index (χ1) is 13.6. The number of fused-ring (bicyclic) bond motifs is 4. The van der Waals surface area contributed by atoms with Crippen molar-refractivity contribution in [2.75, 3.05) is 20.7 Å². The normalized spacial score (nSPS) is 31.2. The van der Waals surface area contributed by atoms with Gasteiger partial charge in [0, 0.05) is 40.9 Å². The number of piperidine rings is 1. The lowest BCUT2D eigenvalue weighted by Gasteiger charge is -2.63. The SMILES string of the molecule is COc1ccc2c(c1)[C@]13CCN(C)C(C2)[C@]1(O)Cc1c([nH]c2ccccc12)C3. The van der Waals surface area contributed by atoms with Gasteiger partial charge in [0.2, 0.25) is 0 Å². The first-order valence-corrected chi connectivity index (χ1v) is 10.2. The van der Waals surface area contributed by atoms with Gasteiger partial charge in [-0.2, -0.15) is 0 Å². The quantitative estimate of drug-likeness (QED) is 0.688. The molecule has 4 nitrogen and oxygen atoms in total. The van der Waals surface area contributed by atoms with E-state index in [0.717, 1.165) is 31.6 Å². The molecule has 2 bridgehead atoms. The van der Waals surface area contributed by atoms with Crippen LogP contribution in [0.15, 0.2) is 42.5 Å². The van der Waals surface area contributed by atoms with Crippen LogP contribution in [-0.2, 0) is 24.7 Å². The van der Waals surface area contributed by atoms with Crippen molar-refractivity contribution >= 4 is 10.9 Å². The van der Waals surface area contributed by atoms with E-state index in [2.05, 4.69) is 59.4 Å². The van der Waals surface area contributed by atoms with Gasteiger partial charge in [0.05, 0.1) is 12.7 Å². The number of likely N-dealkylation sites (N-methyl/N-ethyl adjacent to an activating group) is 1. The predicted molar refractivity (Wildman–Crippen MR) is 110 cm³/mol. The van der Waals surface area contributed by atoms with Crippen LogP contribution in [0.4, 0.5) is 0 Å². The van der Waals surface area contributed by atoms with Gasteiger partial charge in [-0.1, -0.05) is 24.3 Å². The van der Waals surface area contributed by atoms with Crippen molar-refractivity contribution in [3.63, 3.8) is 0 Å². The monoisotopic (exact) mass is 374 g/mol. The van der Waals surface area contributed by atoms with Crippen LogP contribution in [0, 0.1) is 0 Å². The van der Waals surface area contributed by atoms with Crippen LogP contribution in [0.1, 0.15) is 28.8 Å². The van der Waals surface area contributed by atoms with Gasteiger partial charge >= 0.3 is 0 Å². The highest BCUT2D eigenvalue weighted by atomic mass is 16.5. The number of hydrogen-bond donors (Lipinski definition) is 2. The summed E-state index contributed by atoms with van der Waals surface area (Å²) in [6.07, 6.45) is 3.42. The van der Waals surface area contributed by atoms with E-state index < -0.39 is 5.60 Å². The van der Waals surface area contributed by atoms with Crippen molar-refractivity contribution in [3.8, 4) is 5.75 Å². The van der Waals surface area contributed by atoms with Crippen molar-refractivity contribution in [2.45, 2.75) is 42.7 Å². The Morgan fingerprint density at radius 2 is 2.04 bits per heavy atom. The molecule has 0 amide bonds. The number of rotatable bonds is 1. The predicted octanol–water partition coefficient (Wildman–Crippen LogP) is 3.20. The largest absolute Gasteiger partial charge is 0.497 e. The van der Waals surface area contributed by atoms with E-state index in [4.69, 9.17) is 4.74 Å². The number of methoxy groups -OCH3 is 1. The van der Waals surface area contributed by atoms with Gasteiger partial charge in [-0.05, 0) is 61.3 Å². The number of nitrogens with zero attached hydrogens (tertiary/aromatic N) is 1. The number of hydrogen-bond acceptors (Lipinski definition) is 3. The fourth-order valence-electron chi connectivity index (χ4n) is 6.43. The molecule has 0 radical (unpaired) electrons. The minimum Gasteiger partial charge on any atom is -0.497 e. The Kier molecular flexibility index (Phi) is 3.21. The molecule has 2 N–H and O–H groups in total. The number of benzene rings is 2. The molecule has 4 heteroatoms. The lowest BCUT2D eigenvalue weighted by Crippen LogP contribution is -2.73. The van der Waals surface area contributed by atoms with Gasteiger partial charge in [0.15, 0.2) is 0 Å². The fourth-order valence-corrected chi connectivity index (χ4v) is 6.43. The number of ether oxygens (including phenoxy) is 1. The number of nitrogens with one attached hydrogen (secondary N) is 1. The Morgan fingerprint density at radius 3 is 2.89 bits per heavy atom. The standard InChI is InChI=1S/C24H26N2O2/c1-26-10-9-23-14-21-18(17-5-3-4-6-20(17)25-21)13-24(23,27)22(26)11-15-7-8-16(28-2)12-19(15)23/h3-8,12,22,25,27H,9-11,13-14H2,1-2H3/t22?,23-,24-/m1/s1. The highest BCUT2D eigenvalue weighted by molar-refractivity contribution is 5.85. The van der Waals surface area contributed by atoms with Gasteiger partial charge in [0.1, 0.15) is 5.75 Å². The molecule has 1 aromatic heterocycles. The lowest BCUT2D eigenvalue weighted by atomic mass is 9.49. The van der Waals surface area contributed by atoms with E-state index in [-0.39, 0.29) is 11.5 Å². The topological polar surface area (TPSA) is 48.5 Å². The average Bonchev–Trinajstić information content (AvgIpc) is 3.05. The zero-order chi connectivity index (χ0) is 19.1.